The molecule has 1 amide bonds. The normalized spacial score (nSPS) is 11.4. The highest BCUT2D eigenvalue weighted by molar-refractivity contribution is 5.76. The summed E-state index contributed by atoms with van der Waals surface area (Å²) in [6, 6.07) is 9.17. The van der Waals surface area contributed by atoms with Gasteiger partial charge >= 0.3 is 5.97 Å². The number of nitrogens with one attached hydrogen (secondary N) is 1. The molecule has 1 unspecified atom stereocenters. The minimum absolute atomic E-state index is 0.0247. The molecule has 1 atom stereocenters. The molecule has 0 saturated heterocycles. The van der Waals surface area contributed by atoms with Crippen LogP contribution in [0.15, 0.2) is 30.3 Å². The average molecular weight is 287 g/mol. The Bertz CT molecular complexity index is 491. The number of rotatable bonds is 9. The maximum absolute atomic E-state index is 11.9. The van der Waals surface area contributed by atoms with Crippen molar-refractivity contribution in [2.24, 2.45) is 0 Å². The molecule has 0 aliphatic carbocycles. The zero-order valence-electron chi connectivity index (χ0n) is 12.0. The second-order valence-corrected chi connectivity index (χ2v) is 4.87. The van der Waals surface area contributed by atoms with Gasteiger partial charge in [0.15, 0.2) is 0 Å². The Morgan fingerprint density at radius 3 is 2.52 bits per heavy atom. The summed E-state index contributed by atoms with van der Waals surface area (Å²) in [5.41, 5.74) is 0.927. The van der Waals surface area contributed by atoms with Gasteiger partial charge in [-0.25, -0.2) is 0 Å². The van der Waals surface area contributed by atoms with E-state index in [1.807, 2.05) is 30.3 Å². The lowest BCUT2D eigenvalue weighted by molar-refractivity contribution is -0.137. The third kappa shape index (κ3) is 7.17. The molecule has 0 aliphatic rings. The lowest BCUT2D eigenvalue weighted by atomic mass is 10.0. The number of amides is 1. The molecule has 21 heavy (non-hydrogen) atoms. The summed E-state index contributed by atoms with van der Waals surface area (Å²) in [5.74, 6) is 1.62. The van der Waals surface area contributed by atoms with Gasteiger partial charge in [-0.2, -0.15) is 0 Å². The van der Waals surface area contributed by atoms with Crippen LogP contribution in [0.1, 0.15) is 50.1 Å². The lowest BCUT2D eigenvalue weighted by Gasteiger charge is -2.18. The van der Waals surface area contributed by atoms with Crippen LogP contribution in [0, 0.1) is 12.3 Å². The molecule has 1 aromatic carbocycles. The first-order chi connectivity index (χ1) is 10.1. The van der Waals surface area contributed by atoms with E-state index in [1.165, 1.54) is 0 Å². The Hall–Kier alpha value is -2.28. The van der Waals surface area contributed by atoms with Crippen molar-refractivity contribution in [1.29, 1.82) is 0 Å². The molecule has 4 heteroatoms. The van der Waals surface area contributed by atoms with Crippen molar-refractivity contribution in [3.05, 3.63) is 35.9 Å². The average Bonchev–Trinajstić information content (AvgIpc) is 2.48. The van der Waals surface area contributed by atoms with Gasteiger partial charge in [-0.15, -0.1) is 12.3 Å². The van der Waals surface area contributed by atoms with E-state index < -0.39 is 5.97 Å². The Kier molecular flexibility index (Phi) is 7.67. The number of benzene rings is 1. The van der Waals surface area contributed by atoms with Crippen LogP contribution in [0.4, 0.5) is 0 Å². The summed E-state index contributed by atoms with van der Waals surface area (Å²) >= 11 is 0. The van der Waals surface area contributed by atoms with Gasteiger partial charge in [0.1, 0.15) is 0 Å². The fraction of sp³-hybridized carbons (Fsp3) is 0.412. The van der Waals surface area contributed by atoms with Gasteiger partial charge in [-0.05, 0) is 24.8 Å². The largest absolute Gasteiger partial charge is 0.481 e. The van der Waals surface area contributed by atoms with E-state index in [-0.39, 0.29) is 18.4 Å². The Balaban J connectivity index is 2.54. The zero-order chi connectivity index (χ0) is 15.5. The van der Waals surface area contributed by atoms with E-state index in [0.29, 0.717) is 19.3 Å². The van der Waals surface area contributed by atoms with Crippen molar-refractivity contribution in [3.63, 3.8) is 0 Å². The van der Waals surface area contributed by atoms with E-state index in [4.69, 9.17) is 11.5 Å². The Morgan fingerprint density at radius 2 is 1.90 bits per heavy atom. The third-order valence-electron chi connectivity index (χ3n) is 3.16. The maximum atomic E-state index is 11.9. The van der Waals surface area contributed by atoms with Gasteiger partial charge < -0.3 is 10.4 Å². The molecule has 0 saturated carbocycles. The molecule has 1 rings (SSSR count). The fourth-order valence-corrected chi connectivity index (χ4v) is 2.05. The number of hydrogen-bond donors (Lipinski definition) is 2. The summed E-state index contributed by atoms with van der Waals surface area (Å²) in [6.45, 7) is 0. The first-order valence-electron chi connectivity index (χ1n) is 7.13. The molecule has 0 aromatic heterocycles. The highest BCUT2D eigenvalue weighted by Crippen LogP contribution is 2.18. The summed E-state index contributed by atoms with van der Waals surface area (Å²) in [6.07, 6.45) is 8.24. The Morgan fingerprint density at radius 1 is 1.19 bits per heavy atom. The molecule has 0 aliphatic heterocycles. The molecular formula is C17H21NO3. The van der Waals surface area contributed by atoms with Crippen molar-refractivity contribution in [2.75, 3.05) is 0 Å². The number of unbranched alkanes of at least 4 members (excludes halogenated alkanes) is 2. The van der Waals surface area contributed by atoms with E-state index in [1.54, 1.807) is 0 Å². The highest BCUT2D eigenvalue weighted by atomic mass is 16.4. The van der Waals surface area contributed by atoms with Gasteiger partial charge in [0.25, 0.3) is 0 Å². The first-order valence-corrected chi connectivity index (χ1v) is 7.13. The topological polar surface area (TPSA) is 66.4 Å². The zero-order valence-corrected chi connectivity index (χ0v) is 12.0. The standard InChI is InChI=1S/C17H21NO3/c1-2-3-4-8-11-16(19)18-15(12-13-17(20)21)14-9-6-5-7-10-14/h1,5-7,9-10,15H,3-4,8,11-13H2,(H,18,19)(H,20,21). The van der Waals surface area contributed by atoms with Crippen molar-refractivity contribution in [2.45, 2.75) is 44.6 Å². The molecule has 0 fully saturated rings. The van der Waals surface area contributed by atoms with Crippen LogP contribution in [0.3, 0.4) is 0 Å². The smallest absolute Gasteiger partial charge is 0.303 e. The predicted octanol–water partition coefficient (Wildman–Crippen LogP) is 2.90. The molecular weight excluding hydrogens is 266 g/mol. The quantitative estimate of drug-likeness (QED) is 0.542. The predicted molar refractivity (Wildman–Crippen MR) is 81.5 cm³/mol. The van der Waals surface area contributed by atoms with Gasteiger partial charge in [0.05, 0.1) is 6.04 Å². The minimum Gasteiger partial charge on any atom is -0.481 e. The number of carbonyl (C=O) groups is 2. The molecule has 112 valence electrons. The molecule has 0 heterocycles. The number of hydrogen-bond acceptors (Lipinski definition) is 2. The van der Waals surface area contributed by atoms with Crippen LogP contribution in [-0.4, -0.2) is 17.0 Å². The van der Waals surface area contributed by atoms with E-state index in [9.17, 15) is 9.59 Å². The third-order valence-corrected chi connectivity index (χ3v) is 3.16. The maximum Gasteiger partial charge on any atom is 0.303 e. The molecule has 0 radical (unpaired) electrons. The van der Waals surface area contributed by atoms with Crippen LogP contribution >= 0.6 is 0 Å². The Labute approximate surface area is 125 Å². The van der Waals surface area contributed by atoms with Crippen LogP contribution in [-0.2, 0) is 9.59 Å². The number of terminal acetylenes is 1. The van der Waals surface area contributed by atoms with E-state index in [2.05, 4.69) is 11.2 Å². The SMILES string of the molecule is C#CCCCCC(=O)NC(CCC(=O)O)c1ccccc1. The number of carboxylic acid groups (broad SMARTS) is 1. The van der Waals surface area contributed by atoms with E-state index >= 15 is 0 Å². The molecule has 0 spiro atoms. The molecule has 1 aromatic rings. The van der Waals surface area contributed by atoms with E-state index in [0.717, 1.165) is 18.4 Å². The van der Waals surface area contributed by atoms with Gasteiger partial charge in [-0.1, -0.05) is 30.3 Å². The van der Waals surface area contributed by atoms with Crippen LogP contribution in [0.2, 0.25) is 0 Å². The van der Waals surface area contributed by atoms with Crippen molar-refractivity contribution < 1.29 is 14.7 Å². The highest BCUT2D eigenvalue weighted by Gasteiger charge is 2.15. The molecule has 2 N–H and O–H groups in total. The molecule has 4 nitrogen and oxygen atoms in total. The first kappa shape index (κ1) is 16.8. The van der Waals surface area contributed by atoms with Crippen LogP contribution in [0.25, 0.3) is 0 Å². The summed E-state index contributed by atoms with van der Waals surface area (Å²) in [4.78, 5) is 22.7. The minimum atomic E-state index is -0.862. The number of carbonyl (C=O) groups excluding carboxylic acids is 1. The lowest BCUT2D eigenvalue weighted by Crippen LogP contribution is -2.28. The fourth-order valence-electron chi connectivity index (χ4n) is 2.05. The van der Waals surface area contributed by atoms with Crippen LogP contribution in [0.5, 0.6) is 0 Å². The number of carboxylic acids is 1. The number of aliphatic carboxylic acids is 1. The molecule has 0 bridgehead atoms. The summed E-state index contributed by atoms with van der Waals surface area (Å²) < 4.78 is 0. The second kappa shape index (κ2) is 9.60. The van der Waals surface area contributed by atoms with Gasteiger partial charge in [0, 0.05) is 19.3 Å². The summed E-state index contributed by atoms with van der Waals surface area (Å²) in [5, 5.41) is 11.7. The van der Waals surface area contributed by atoms with Crippen molar-refractivity contribution in [3.8, 4) is 12.3 Å². The van der Waals surface area contributed by atoms with Crippen LogP contribution < -0.4 is 5.32 Å². The van der Waals surface area contributed by atoms with Crippen molar-refractivity contribution in [1.82, 2.24) is 5.32 Å². The second-order valence-electron chi connectivity index (χ2n) is 4.87. The van der Waals surface area contributed by atoms with Crippen molar-refractivity contribution >= 4 is 11.9 Å². The van der Waals surface area contributed by atoms with Gasteiger partial charge in [-0.3, -0.25) is 9.59 Å². The van der Waals surface area contributed by atoms with Gasteiger partial charge in [0.2, 0.25) is 5.91 Å². The summed E-state index contributed by atoms with van der Waals surface area (Å²) in [7, 11) is 0. The monoisotopic (exact) mass is 287 g/mol.